The number of unbranched alkanes of at least 4 members (excludes halogenated alkanes) is 28. The second kappa shape index (κ2) is 66.3. The van der Waals surface area contributed by atoms with Crippen molar-refractivity contribution in [3.05, 3.63) is 122 Å². The highest BCUT2D eigenvalue weighted by atomic mass is 16.6. The van der Waals surface area contributed by atoms with Gasteiger partial charge in [0, 0.05) is 19.3 Å². The smallest absolute Gasteiger partial charge is 0.306 e. The molecule has 450 valence electrons. The third-order valence-corrected chi connectivity index (χ3v) is 13.9. The predicted molar refractivity (Wildman–Crippen MR) is 343 cm³/mol. The summed E-state index contributed by atoms with van der Waals surface area (Å²) in [5, 5.41) is 0. The standard InChI is InChI=1S/C73H122O6/c1-4-7-10-13-16-19-22-25-28-30-31-32-33-34-35-36-37-38-39-40-41-43-45-48-51-54-57-60-63-66-72(75)78-69-70(68-77-71(74)65-62-59-56-53-50-47-44-27-24-21-18-15-12-9-6-3)79-73(76)67-64-61-58-55-52-49-46-42-29-26-23-20-17-14-11-8-5-2/h7,10,16-17,19-20,25-29,31-32,34-35,37-38,40-41,44,70H,4-6,8-9,11-15,18,21-24,30,33,36,39,42-43,45-69H2,1-3H3/b10-7-,19-16-,20-17-,28-25-,29-26-,32-31-,35-34-,38-37-,41-40-,44-27-. The number of ether oxygens (including phenoxy) is 3. The molecule has 0 rings (SSSR count). The minimum atomic E-state index is -0.795. The number of carbonyl (C=O) groups excluding carboxylic acids is 3. The highest BCUT2D eigenvalue weighted by Crippen LogP contribution is 2.15. The molecule has 1 unspecified atom stereocenters. The molecular weight excluding hydrogens is 973 g/mol. The van der Waals surface area contributed by atoms with E-state index in [0.29, 0.717) is 19.3 Å². The topological polar surface area (TPSA) is 78.9 Å². The molecular formula is C73H122O6. The summed E-state index contributed by atoms with van der Waals surface area (Å²) in [5.41, 5.74) is 0. The summed E-state index contributed by atoms with van der Waals surface area (Å²) < 4.78 is 16.9. The maximum absolute atomic E-state index is 12.9. The first kappa shape index (κ1) is 74.8. The van der Waals surface area contributed by atoms with Gasteiger partial charge in [-0.15, -0.1) is 0 Å². The molecule has 0 bridgehead atoms. The third-order valence-electron chi connectivity index (χ3n) is 13.9. The maximum Gasteiger partial charge on any atom is 0.306 e. The zero-order valence-corrected chi connectivity index (χ0v) is 51.6. The van der Waals surface area contributed by atoms with Gasteiger partial charge in [0.25, 0.3) is 0 Å². The first-order valence-corrected chi connectivity index (χ1v) is 33.0. The van der Waals surface area contributed by atoms with Crippen molar-refractivity contribution >= 4 is 17.9 Å². The Morgan fingerprint density at radius 1 is 0.266 bits per heavy atom. The van der Waals surface area contributed by atoms with Gasteiger partial charge in [-0.3, -0.25) is 14.4 Å². The van der Waals surface area contributed by atoms with Gasteiger partial charge in [0.15, 0.2) is 6.10 Å². The van der Waals surface area contributed by atoms with Crippen molar-refractivity contribution in [2.45, 2.75) is 309 Å². The molecule has 0 saturated heterocycles. The number of allylic oxidation sites excluding steroid dienone is 20. The number of hydrogen-bond donors (Lipinski definition) is 0. The van der Waals surface area contributed by atoms with Crippen LogP contribution in [-0.4, -0.2) is 37.2 Å². The van der Waals surface area contributed by atoms with E-state index in [1.807, 2.05) is 0 Å². The fourth-order valence-electron chi connectivity index (χ4n) is 8.98. The average Bonchev–Trinajstić information content (AvgIpc) is 3.45. The largest absolute Gasteiger partial charge is 0.462 e. The van der Waals surface area contributed by atoms with E-state index in [1.165, 1.54) is 135 Å². The van der Waals surface area contributed by atoms with E-state index in [0.717, 1.165) is 128 Å². The zero-order valence-electron chi connectivity index (χ0n) is 51.6. The van der Waals surface area contributed by atoms with Crippen LogP contribution in [0, 0.1) is 0 Å². The van der Waals surface area contributed by atoms with E-state index in [4.69, 9.17) is 14.2 Å². The molecule has 0 amide bonds. The van der Waals surface area contributed by atoms with Crippen molar-refractivity contribution in [3.63, 3.8) is 0 Å². The van der Waals surface area contributed by atoms with Crippen molar-refractivity contribution in [1.29, 1.82) is 0 Å². The molecule has 79 heavy (non-hydrogen) atoms. The highest BCUT2D eigenvalue weighted by molar-refractivity contribution is 5.71. The number of hydrogen-bond acceptors (Lipinski definition) is 6. The van der Waals surface area contributed by atoms with Crippen LogP contribution in [0.4, 0.5) is 0 Å². The lowest BCUT2D eigenvalue weighted by Crippen LogP contribution is -2.30. The first-order chi connectivity index (χ1) is 39.0. The van der Waals surface area contributed by atoms with Crippen LogP contribution in [-0.2, 0) is 28.6 Å². The fraction of sp³-hybridized carbons (Fsp3) is 0.685. The van der Waals surface area contributed by atoms with Crippen LogP contribution < -0.4 is 0 Å². The van der Waals surface area contributed by atoms with E-state index < -0.39 is 6.10 Å². The lowest BCUT2D eigenvalue weighted by atomic mass is 10.1. The van der Waals surface area contributed by atoms with E-state index in [9.17, 15) is 14.4 Å². The van der Waals surface area contributed by atoms with Gasteiger partial charge in [-0.25, -0.2) is 0 Å². The van der Waals surface area contributed by atoms with Gasteiger partial charge < -0.3 is 14.2 Å². The Bertz CT molecular complexity index is 1640. The van der Waals surface area contributed by atoms with Crippen LogP contribution in [0.25, 0.3) is 0 Å². The lowest BCUT2D eigenvalue weighted by Gasteiger charge is -2.18. The second-order valence-electron chi connectivity index (χ2n) is 21.6. The van der Waals surface area contributed by atoms with Crippen molar-refractivity contribution in [3.8, 4) is 0 Å². The molecule has 0 aliphatic heterocycles. The summed E-state index contributed by atoms with van der Waals surface area (Å²) in [6.07, 6.45) is 92.0. The van der Waals surface area contributed by atoms with Gasteiger partial charge in [-0.1, -0.05) is 271 Å². The van der Waals surface area contributed by atoms with E-state index >= 15 is 0 Å². The Labute approximate surface area is 488 Å². The summed E-state index contributed by atoms with van der Waals surface area (Å²) in [5.74, 6) is -0.911. The first-order valence-electron chi connectivity index (χ1n) is 33.0. The van der Waals surface area contributed by atoms with E-state index in [-0.39, 0.29) is 31.1 Å². The minimum absolute atomic E-state index is 0.0901. The van der Waals surface area contributed by atoms with Crippen LogP contribution >= 0.6 is 0 Å². The second-order valence-corrected chi connectivity index (χ2v) is 21.6. The van der Waals surface area contributed by atoms with Crippen LogP contribution in [0.15, 0.2) is 122 Å². The summed E-state index contributed by atoms with van der Waals surface area (Å²) in [6, 6.07) is 0. The Morgan fingerprint density at radius 3 is 0.810 bits per heavy atom. The molecule has 0 aromatic heterocycles. The fourth-order valence-corrected chi connectivity index (χ4v) is 8.98. The Balaban J connectivity index is 4.37. The molecule has 0 aliphatic rings. The Kier molecular flexibility index (Phi) is 62.8. The third kappa shape index (κ3) is 64.5. The molecule has 0 heterocycles. The molecule has 0 radical (unpaired) electrons. The molecule has 0 fully saturated rings. The molecule has 6 heteroatoms. The normalized spacial score (nSPS) is 12.9. The minimum Gasteiger partial charge on any atom is -0.462 e. The molecule has 0 spiro atoms. The Morgan fingerprint density at radius 2 is 0.494 bits per heavy atom. The molecule has 0 aromatic carbocycles. The summed E-state index contributed by atoms with van der Waals surface area (Å²) >= 11 is 0. The molecule has 6 nitrogen and oxygen atoms in total. The van der Waals surface area contributed by atoms with Gasteiger partial charge in [0.05, 0.1) is 0 Å². The molecule has 0 saturated carbocycles. The van der Waals surface area contributed by atoms with Crippen molar-refractivity contribution in [2.24, 2.45) is 0 Å². The number of carbonyl (C=O) groups is 3. The predicted octanol–water partition coefficient (Wildman–Crippen LogP) is 22.8. The van der Waals surface area contributed by atoms with Crippen molar-refractivity contribution < 1.29 is 28.6 Å². The van der Waals surface area contributed by atoms with Gasteiger partial charge in [-0.05, 0) is 135 Å². The summed E-state index contributed by atoms with van der Waals surface area (Å²) in [6.45, 7) is 6.49. The summed E-state index contributed by atoms with van der Waals surface area (Å²) in [7, 11) is 0. The monoisotopic (exact) mass is 1090 g/mol. The SMILES string of the molecule is CC/C=C\C/C=C\C/C=C\C/C=C\C/C=C\C/C=C\C/C=C\CCCCCCCCCC(=O)OCC(COC(=O)CCCCCCC/C=C\CCCCCCCC)OC(=O)CCCCCCCCC/C=C\C/C=C\CCCCC. The van der Waals surface area contributed by atoms with Gasteiger partial charge in [0.1, 0.15) is 13.2 Å². The van der Waals surface area contributed by atoms with Crippen LogP contribution in [0.3, 0.4) is 0 Å². The number of esters is 3. The lowest BCUT2D eigenvalue weighted by molar-refractivity contribution is -0.167. The van der Waals surface area contributed by atoms with Crippen molar-refractivity contribution in [2.75, 3.05) is 13.2 Å². The van der Waals surface area contributed by atoms with Gasteiger partial charge in [-0.2, -0.15) is 0 Å². The number of rotatable bonds is 59. The molecule has 0 aliphatic carbocycles. The van der Waals surface area contributed by atoms with E-state index in [1.54, 1.807) is 0 Å². The highest BCUT2D eigenvalue weighted by Gasteiger charge is 2.19. The van der Waals surface area contributed by atoms with Crippen LogP contribution in [0.2, 0.25) is 0 Å². The van der Waals surface area contributed by atoms with Crippen molar-refractivity contribution in [1.82, 2.24) is 0 Å². The molecule has 1 atom stereocenters. The van der Waals surface area contributed by atoms with Gasteiger partial charge >= 0.3 is 17.9 Å². The Hall–Kier alpha value is -4.19. The van der Waals surface area contributed by atoms with Crippen LogP contribution in [0.5, 0.6) is 0 Å². The molecule has 0 aromatic rings. The quantitative estimate of drug-likeness (QED) is 0.0261. The average molecular weight is 1100 g/mol. The maximum atomic E-state index is 12.9. The summed E-state index contributed by atoms with van der Waals surface area (Å²) in [4.78, 5) is 38.4. The van der Waals surface area contributed by atoms with Gasteiger partial charge in [0.2, 0.25) is 0 Å². The zero-order chi connectivity index (χ0) is 57.1. The van der Waals surface area contributed by atoms with Crippen LogP contribution in [0.1, 0.15) is 303 Å². The van der Waals surface area contributed by atoms with E-state index in [2.05, 4.69) is 142 Å². The molecule has 0 N–H and O–H groups in total.